The summed E-state index contributed by atoms with van der Waals surface area (Å²) in [5.74, 6) is 0.228. The second-order valence-corrected chi connectivity index (χ2v) is 7.01. The third-order valence-electron chi connectivity index (χ3n) is 5.40. The average Bonchev–Trinajstić information content (AvgIpc) is 3.37. The molecule has 0 spiro atoms. The van der Waals surface area contributed by atoms with Gasteiger partial charge in [-0.05, 0) is 61.7 Å². The number of anilines is 1. The van der Waals surface area contributed by atoms with Gasteiger partial charge in [0, 0.05) is 25.8 Å². The Kier molecular flexibility index (Phi) is 4.49. The largest absolute Gasteiger partial charge is 0.459 e. The Morgan fingerprint density at radius 2 is 2.08 bits per heavy atom. The van der Waals surface area contributed by atoms with Crippen molar-refractivity contribution in [1.29, 1.82) is 0 Å². The van der Waals surface area contributed by atoms with Gasteiger partial charge in [0.2, 0.25) is 0 Å². The number of rotatable bonds is 5. The highest BCUT2D eigenvalue weighted by atomic mass is 16.3. The van der Waals surface area contributed by atoms with Crippen molar-refractivity contribution in [3.8, 4) is 0 Å². The fourth-order valence-corrected chi connectivity index (χ4v) is 3.99. The van der Waals surface area contributed by atoms with Crippen molar-refractivity contribution < 1.29 is 9.21 Å². The zero-order valence-corrected chi connectivity index (χ0v) is 14.7. The number of amides is 1. The van der Waals surface area contributed by atoms with Crippen molar-refractivity contribution in [2.75, 3.05) is 38.1 Å². The molecule has 1 N–H and O–H groups in total. The van der Waals surface area contributed by atoms with Gasteiger partial charge in [0.15, 0.2) is 5.76 Å². The Bertz CT molecular complexity index is 735. The lowest BCUT2D eigenvalue weighted by atomic mass is 10.0. The number of hydrogen-bond acceptors (Lipinski definition) is 4. The minimum atomic E-state index is -0.143. The molecule has 132 valence electrons. The zero-order valence-electron chi connectivity index (χ0n) is 14.7. The van der Waals surface area contributed by atoms with Crippen molar-refractivity contribution in [3.05, 3.63) is 53.5 Å². The minimum absolute atomic E-state index is 0.143. The van der Waals surface area contributed by atoms with Gasteiger partial charge in [-0.15, -0.1) is 0 Å². The predicted molar refractivity (Wildman–Crippen MR) is 98.0 cm³/mol. The van der Waals surface area contributed by atoms with E-state index in [1.54, 1.807) is 12.1 Å². The van der Waals surface area contributed by atoms with Crippen molar-refractivity contribution >= 4 is 11.6 Å². The first-order valence-corrected chi connectivity index (χ1v) is 9.12. The van der Waals surface area contributed by atoms with E-state index in [1.807, 2.05) is 0 Å². The van der Waals surface area contributed by atoms with E-state index >= 15 is 0 Å². The highest BCUT2D eigenvalue weighted by molar-refractivity contribution is 5.91. The van der Waals surface area contributed by atoms with Crippen LogP contribution in [0.25, 0.3) is 0 Å². The maximum absolute atomic E-state index is 12.3. The minimum Gasteiger partial charge on any atom is -0.459 e. The van der Waals surface area contributed by atoms with Crippen LogP contribution in [0, 0.1) is 0 Å². The molecule has 1 fully saturated rings. The van der Waals surface area contributed by atoms with Crippen LogP contribution < -0.4 is 10.2 Å². The van der Waals surface area contributed by atoms with Crippen LogP contribution in [-0.4, -0.2) is 44.0 Å². The molecule has 2 aliphatic rings. The normalized spacial score (nSPS) is 18.4. The lowest BCUT2D eigenvalue weighted by Crippen LogP contribution is -2.36. The first kappa shape index (κ1) is 16.2. The van der Waals surface area contributed by atoms with E-state index in [1.165, 1.54) is 35.9 Å². The Morgan fingerprint density at radius 1 is 1.24 bits per heavy atom. The second kappa shape index (κ2) is 6.92. The Morgan fingerprint density at radius 3 is 2.84 bits per heavy atom. The van der Waals surface area contributed by atoms with E-state index in [-0.39, 0.29) is 11.9 Å². The van der Waals surface area contributed by atoms with Gasteiger partial charge in [-0.2, -0.15) is 0 Å². The van der Waals surface area contributed by atoms with Gasteiger partial charge in [-0.1, -0.05) is 12.1 Å². The van der Waals surface area contributed by atoms with Crippen molar-refractivity contribution in [3.63, 3.8) is 0 Å². The van der Waals surface area contributed by atoms with Gasteiger partial charge >= 0.3 is 0 Å². The molecular formula is C20H25N3O2. The fraction of sp³-hybridized carbons (Fsp3) is 0.450. The molecule has 2 aliphatic heterocycles. The molecule has 5 heteroatoms. The SMILES string of the molecule is CN1CCc2cc([C@H](CNC(=O)c3ccco3)N3CCCC3)ccc21. The summed E-state index contributed by atoms with van der Waals surface area (Å²) in [7, 11) is 2.15. The molecule has 1 aromatic carbocycles. The van der Waals surface area contributed by atoms with Crippen LogP contribution in [0.15, 0.2) is 41.0 Å². The topological polar surface area (TPSA) is 48.7 Å². The summed E-state index contributed by atoms with van der Waals surface area (Å²) in [6.45, 7) is 3.88. The fourth-order valence-electron chi connectivity index (χ4n) is 3.99. The van der Waals surface area contributed by atoms with Crippen LogP contribution in [0.3, 0.4) is 0 Å². The Labute approximate surface area is 148 Å². The number of nitrogens with zero attached hydrogens (tertiary/aromatic N) is 2. The summed E-state index contributed by atoms with van der Waals surface area (Å²) in [5, 5.41) is 3.05. The molecule has 0 aliphatic carbocycles. The Balaban J connectivity index is 1.53. The van der Waals surface area contributed by atoms with E-state index in [4.69, 9.17) is 4.42 Å². The molecule has 4 rings (SSSR count). The highest BCUT2D eigenvalue weighted by Gasteiger charge is 2.26. The lowest BCUT2D eigenvalue weighted by molar-refractivity contribution is 0.0910. The monoisotopic (exact) mass is 339 g/mol. The molecule has 2 aromatic rings. The molecule has 0 saturated carbocycles. The number of hydrogen-bond donors (Lipinski definition) is 1. The maximum atomic E-state index is 12.3. The van der Waals surface area contributed by atoms with Crippen LogP contribution in [0.1, 0.15) is 40.6 Å². The predicted octanol–water partition coefficient (Wildman–Crippen LogP) is 2.84. The quantitative estimate of drug-likeness (QED) is 0.910. The average molecular weight is 339 g/mol. The lowest BCUT2D eigenvalue weighted by Gasteiger charge is -2.28. The number of likely N-dealkylation sites (tertiary alicyclic amines) is 1. The molecular weight excluding hydrogens is 314 g/mol. The van der Waals surface area contributed by atoms with Gasteiger partial charge in [-0.3, -0.25) is 9.69 Å². The van der Waals surface area contributed by atoms with E-state index < -0.39 is 0 Å². The van der Waals surface area contributed by atoms with Crippen LogP contribution >= 0.6 is 0 Å². The molecule has 1 amide bonds. The van der Waals surface area contributed by atoms with Crippen LogP contribution in [-0.2, 0) is 6.42 Å². The number of likely N-dealkylation sites (N-methyl/N-ethyl adjacent to an activating group) is 1. The first-order chi connectivity index (χ1) is 12.2. The van der Waals surface area contributed by atoms with Crippen molar-refractivity contribution in [2.45, 2.75) is 25.3 Å². The molecule has 1 saturated heterocycles. The molecule has 1 atom stereocenters. The van der Waals surface area contributed by atoms with Gasteiger partial charge in [-0.25, -0.2) is 0 Å². The first-order valence-electron chi connectivity index (χ1n) is 9.12. The van der Waals surface area contributed by atoms with Gasteiger partial charge in [0.25, 0.3) is 5.91 Å². The maximum Gasteiger partial charge on any atom is 0.287 e. The molecule has 0 radical (unpaired) electrons. The number of nitrogens with one attached hydrogen (secondary N) is 1. The molecule has 3 heterocycles. The molecule has 0 bridgehead atoms. The summed E-state index contributed by atoms with van der Waals surface area (Å²) in [4.78, 5) is 17.1. The van der Waals surface area contributed by atoms with Crippen LogP contribution in [0.5, 0.6) is 0 Å². The summed E-state index contributed by atoms with van der Waals surface area (Å²) in [6.07, 6.45) is 5.10. The van der Waals surface area contributed by atoms with E-state index in [0.717, 1.165) is 26.1 Å². The third-order valence-corrected chi connectivity index (χ3v) is 5.40. The highest BCUT2D eigenvalue weighted by Crippen LogP contribution is 2.32. The van der Waals surface area contributed by atoms with E-state index in [9.17, 15) is 4.79 Å². The van der Waals surface area contributed by atoms with Gasteiger partial charge in [0.05, 0.1) is 12.3 Å². The summed E-state index contributed by atoms with van der Waals surface area (Å²) in [5.41, 5.74) is 4.06. The summed E-state index contributed by atoms with van der Waals surface area (Å²) >= 11 is 0. The van der Waals surface area contributed by atoms with Gasteiger partial charge in [0.1, 0.15) is 0 Å². The summed E-state index contributed by atoms with van der Waals surface area (Å²) < 4.78 is 5.20. The van der Waals surface area contributed by atoms with Crippen molar-refractivity contribution in [1.82, 2.24) is 10.2 Å². The Hall–Kier alpha value is -2.27. The number of benzene rings is 1. The molecule has 25 heavy (non-hydrogen) atoms. The van der Waals surface area contributed by atoms with Crippen LogP contribution in [0.4, 0.5) is 5.69 Å². The van der Waals surface area contributed by atoms with Gasteiger partial charge < -0.3 is 14.6 Å². The van der Waals surface area contributed by atoms with E-state index in [0.29, 0.717) is 12.3 Å². The zero-order chi connectivity index (χ0) is 17.2. The standard InChI is InChI=1S/C20H25N3O2/c1-22-11-8-16-13-15(6-7-17(16)22)18(23-9-2-3-10-23)14-21-20(24)19-5-4-12-25-19/h4-7,12-13,18H,2-3,8-11,14H2,1H3,(H,21,24)/t18-/m0/s1. The number of furan rings is 1. The molecule has 1 aromatic heterocycles. The third kappa shape index (κ3) is 3.29. The number of carbonyl (C=O) groups excluding carboxylic acids is 1. The molecule has 5 nitrogen and oxygen atoms in total. The van der Waals surface area contributed by atoms with E-state index in [2.05, 4.69) is 40.4 Å². The number of carbonyl (C=O) groups is 1. The molecule has 0 unspecified atom stereocenters. The van der Waals surface area contributed by atoms with Crippen LogP contribution in [0.2, 0.25) is 0 Å². The summed E-state index contributed by atoms with van der Waals surface area (Å²) in [6, 6.07) is 10.5. The smallest absolute Gasteiger partial charge is 0.287 e. The second-order valence-electron chi connectivity index (χ2n) is 7.01. The number of fused-ring (bicyclic) bond motifs is 1. The van der Waals surface area contributed by atoms with Crippen molar-refractivity contribution in [2.24, 2.45) is 0 Å².